The molecule has 2 N–H and O–H groups in total. The monoisotopic (exact) mass is 505 g/mol. The SMILES string of the molecule is CC.CC.CC(C)CCCC(C)C1CCC2C3C(CC(=O)O)CC4NC(=O)CC[C@]4(C)C3CC[C@]12C. The highest BCUT2D eigenvalue weighted by Crippen LogP contribution is 2.68. The van der Waals surface area contributed by atoms with Crippen molar-refractivity contribution in [3.8, 4) is 0 Å². The molecule has 3 saturated carbocycles. The van der Waals surface area contributed by atoms with Crippen LogP contribution in [0.1, 0.15) is 133 Å². The predicted molar refractivity (Wildman–Crippen MR) is 151 cm³/mol. The van der Waals surface area contributed by atoms with Crippen molar-refractivity contribution in [1.82, 2.24) is 5.32 Å². The van der Waals surface area contributed by atoms with Crippen LogP contribution in [0.3, 0.4) is 0 Å². The van der Waals surface area contributed by atoms with Gasteiger partial charge in [0.1, 0.15) is 0 Å². The molecule has 0 aromatic heterocycles. The van der Waals surface area contributed by atoms with Gasteiger partial charge in [-0.3, -0.25) is 9.59 Å². The van der Waals surface area contributed by atoms with Crippen LogP contribution in [0, 0.1) is 52.3 Å². The van der Waals surface area contributed by atoms with Crippen molar-refractivity contribution < 1.29 is 14.7 Å². The molecule has 4 aliphatic rings. The number of nitrogens with one attached hydrogen (secondary N) is 1. The lowest BCUT2D eigenvalue weighted by Gasteiger charge is -2.62. The van der Waals surface area contributed by atoms with Gasteiger partial charge in [0.15, 0.2) is 0 Å². The molecule has 0 aromatic carbocycles. The van der Waals surface area contributed by atoms with Crippen molar-refractivity contribution in [2.24, 2.45) is 52.3 Å². The van der Waals surface area contributed by atoms with Crippen LogP contribution in [0.25, 0.3) is 0 Å². The summed E-state index contributed by atoms with van der Waals surface area (Å²) < 4.78 is 0. The Morgan fingerprint density at radius 2 is 1.61 bits per heavy atom. The highest BCUT2D eigenvalue weighted by atomic mass is 16.4. The first-order chi connectivity index (χ1) is 17.1. The summed E-state index contributed by atoms with van der Waals surface area (Å²) in [5.41, 5.74) is 0.492. The van der Waals surface area contributed by atoms with Crippen LogP contribution in [0.4, 0.5) is 0 Å². The normalized spacial score (nSPS) is 39.8. The lowest BCUT2D eigenvalue weighted by molar-refractivity contribution is -0.154. The Kier molecular flexibility index (Phi) is 11.4. The van der Waals surface area contributed by atoms with E-state index in [-0.39, 0.29) is 29.7 Å². The fourth-order valence-electron chi connectivity index (χ4n) is 9.31. The first-order valence-corrected chi connectivity index (χ1v) is 15.6. The van der Waals surface area contributed by atoms with Gasteiger partial charge in [-0.25, -0.2) is 0 Å². The third-order valence-corrected chi connectivity index (χ3v) is 10.9. The van der Waals surface area contributed by atoms with E-state index in [1.807, 2.05) is 27.7 Å². The molecule has 210 valence electrons. The van der Waals surface area contributed by atoms with Crippen molar-refractivity contribution in [3.63, 3.8) is 0 Å². The molecule has 4 nitrogen and oxygen atoms in total. The number of rotatable bonds is 7. The van der Waals surface area contributed by atoms with Crippen molar-refractivity contribution in [2.45, 2.75) is 139 Å². The number of hydrogen-bond acceptors (Lipinski definition) is 2. The third kappa shape index (κ3) is 6.15. The minimum absolute atomic E-state index is 0.135. The van der Waals surface area contributed by atoms with E-state index in [1.54, 1.807) is 0 Å². The van der Waals surface area contributed by atoms with Gasteiger partial charge in [-0.05, 0) is 90.8 Å². The number of carbonyl (C=O) groups excluding carboxylic acids is 1. The minimum Gasteiger partial charge on any atom is -0.481 e. The lowest BCUT2D eigenvalue weighted by Crippen LogP contribution is -2.63. The average Bonchev–Trinajstić information content (AvgIpc) is 3.19. The Balaban J connectivity index is 0.00000109. The summed E-state index contributed by atoms with van der Waals surface area (Å²) in [4.78, 5) is 24.1. The maximum absolute atomic E-state index is 12.2. The zero-order valence-electron chi connectivity index (χ0n) is 25.2. The summed E-state index contributed by atoms with van der Waals surface area (Å²) in [5.74, 6) is 3.75. The van der Waals surface area contributed by atoms with Crippen molar-refractivity contribution in [2.75, 3.05) is 0 Å². The van der Waals surface area contributed by atoms with E-state index in [0.717, 1.165) is 30.6 Å². The molecule has 9 atom stereocenters. The molecule has 0 spiro atoms. The van der Waals surface area contributed by atoms with E-state index >= 15 is 0 Å². The van der Waals surface area contributed by atoms with Crippen molar-refractivity contribution in [3.05, 3.63) is 0 Å². The Bertz CT molecular complexity index is 720. The van der Waals surface area contributed by atoms with Crippen molar-refractivity contribution in [1.29, 1.82) is 0 Å². The molecular weight excluding hydrogens is 446 g/mol. The van der Waals surface area contributed by atoms with E-state index < -0.39 is 5.97 Å². The van der Waals surface area contributed by atoms with Gasteiger partial charge < -0.3 is 10.4 Å². The summed E-state index contributed by atoms with van der Waals surface area (Å²) in [6.07, 6.45) is 11.8. The van der Waals surface area contributed by atoms with Gasteiger partial charge in [0.25, 0.3) is 0 Å². The van der Waals surface area contributed by atoms with E-state index in [4.69, 9.17) is 0 Å². The molecule has 7 unspecified atom stereocenters. The molecule has 1 aliphatic heterocycles. The molecule has 3 aliphatic carbocycles. The Hall–Kier alpha value is -1.06. The van der Waals surface area contributed by atoms with Crippen LogP contribution in [0.5, 0.6) is 0 Å². The number of fused-ring (bicyclic) bond motifs is 5. The highest BCUT2D eigenvalue weighted by molar-refractivity contribution is 5.77. The topological polar surface area (TPSA) is 66.4 Å². The third-order valence-electron chi connectivity index (χ3n) is 10.9. The number of hydrogen-bond donors (Lipinski definition) is 2. The Morgan fingerprint density at radius 3 is 2.22 bits per heavy atom. The molecule has 0 radical (unpaired) electrons. The van der Waals surface area contributed by atoms with E-state index in [1.165, 1.54) is 44.9 Å². The van der Waals surface area contributed by atoms with Gasteiger partial charge in [0, 0.05) is 18.9 Å². The number of piperidine rings is 1. The first-order valence-electron chi connectivity index (χ1n) is 15.6. The van der Waals surface area contributed by atoms with Crippen LogP contribution >= 0.6 is 0 Å². The van der Waals surface area contributed by atoms with E-state index in [0.29, 0.717) is 29.6 Å². The Morgan fingerprint density at radius 1 is 0.972 bits per heavy atom. The van der Waals surface area contributed by atoms with Crippen LogP contribution < -0.4 is 5.32 Å². The summed E-state index contributed by atoms with van der Waals surface area (Å²) >= 11 is 0. The van der Waals surface area contributed by atoms with Crippen molar-refractivity contribution >= 4 is 11.9 Å². The fraction of sp³-hybridized carbons (Fsp3) is 0.938. The van der Waals surface area contributed by atoms with Gasteiger partial charge in [-0.15, -0.1) is 0 Å². The standard InChI is InChI=1S/C28H47NO3.2C2H6/c1-17(2)7-6-8-18(3)20-9-10-21-26-19(16-25(31)32)15-23-28(5,14-12-24(30)29-23)22(26)11-13-27(20,21)4;2*1-2/h17-23,26H,6-16H2,1-5H3,(H,29,30)(H,31,32);2*1-2H3/t18?,19?,20?,21?,22?,23?,26?,27-,28-;;/m1../s1. The molecular formula is C32H59NO3. The van der Waals surface area contributed by atoms with Gasteiger partial charge >= 0.3 is 5.97 Å². The maximum Gasteiger partial charge on any atom is 0.303 e. The fourth-order valence-corrected chi connectivity index (χ4v) is 9.31. The summed E-state index contributed by atoms with van der Waals surface area (Å²) in [6, 6.07) is 0.158. The van der Waals surface area contributed by atoms with Crippen LogP contribution in [0.2, 0.25) is 0 Å². The van der Waals surface area contributed by atoms with E-state index in [2.05, 4.69) is 39.9 Å². The first kappa shape index (κ1) is 31.2. The Labute approximate surface area is 223 Å². The molecule has 0 bridgehead atoms. The molecule has 36 heavy (non-hydrogen) atoms. The second-order valence-electron chi connectivity index (χ2n) is 13.0. The highest BCUT2D eigenvalue weighted by Gasteiger charge is 2.63. The predicted octanol–water partition coefficient (Wildman–Crippen LogP) is 8.34. The number of amides is 1. The zero-order chi connectivity index (χ0) is 27.3. The quantitative estimate of drug-likeness (QED) is 0.365. The van der Waals surface area contributed by atoms with Gasteiger partial charge in [-0.2, -0.15) is 0 Å². The van der Waals surface area contributed by atoms with Gasteiger partial charge in [0.2, 0.25) is 5.91 Å². The van der Waals surface area contributed by atoms with E-state index in [9.17, 15) is 14.7 Å². The average molecular weight is 506 g/mol. The second kappa shape index (κ2) is 13.1. The van der Waals surface area contributed by atoms with Crippen LogP contribution in [0.15, 0.2) is 0 Å². The number of carboxylic acids is 1. The van der Waals surface area contributed by atoms with Crippen LogP contribution in [-0.4, -0.2) is 23.0 Å². The summed E-state index contributed by atoms with van der Waals surface area (Å²) in [6.45, 7) is 20.1. The molecule has 4 rings (SSSR count). The molecule has 1 heterocycles. The summed E-state index contributed by atoms with van der Waals surface area (Å²) in [5, 5.41) is 13.1. The number of carbonyl (C=O) groups is 2. The maximum atomic E-state index is 12.2. The molecule has 1 amide bonds. The number of carboxylic acid groups (broad SMARTS) is 1. The number of aliphatic carboxylic acids is 1. The molecule has 1 saturated heterocycles. The molecule has 4 heteroatoms. The smallest absolute Gasteiger partial charge is 0.303 e. The van der Waals surface area contributed by atoms with Gasteiger partial charge in [-0.1, -0.05) is 81.6 Å². The molecule has 0 aromatic rings. The van der Waals surface area contributed by atoms with Crippen LogP contribution in [-0.2, 0) is 9.59 Å². The molecule has 4 fully saturated rings. The van der Waals surface area contributed by atoms with Gasteiger partial charge in [0.05, 0.1) is 0 Å². The lowest BCUT2D eigenvalue weighted by atomic mass is 9.44. The zero-order valence-corrected chi connectivity index (χ0v) is 25.2. The largest absolute Gasteiger partial charge is 0.481 e. The summed E-state index contributed by atoms with van der Waals surface area (Å²) in [7, 11) is 0. The second-order valence-corrected chi connectivity index (χ2v) is 13.0. The minimum atomic E-state index is -0.664.